The third kappa shape index (κ3) is 3.41. The number of nitrogens with zero attached hydrogens (tertiary/aromatic N) is 1. The Morgan fingerprint density at radius 3 is 2.48 bits per heavy atom. The Labute approximate surface area is 143 Å². The van der Waals surface area contributed by atoms with Gasteiger partial charge in [-0.2, -0.15) is 0 Å². The van der Waals surface area contributed by atoms with Crippen molar-refractivity contribution in [2.75, 3.05) is 13.1 Å². The fourth-order valence-corrected chi connectivity index (χ4v) is 4.09. The monoisotopic (exact) mass is 348 g/mol. The number of piperidine rings is 1. The van der Waals surface area contributed by atoms with Gasteiger partial charge < -0.3 is 10.6 Å². The molecule has 1 saturated heterocycles. The topological polar surface area (TPSA) is 63.4 Å². The van der Waals surface area contributed by atoms with Crippen molar-refractivity contribution in [1.29, 1.82) is 0 Å². The predicted octanol–water partition coefficient (Wildman–Crippen LogP) is 3.41. The zero-order chi connectivity index (χ0) is 16.4. The highest BCUT2D eigenvalue weighted by Gasteiger charge is 2.27. The number of hydrogen-bond acceptors (Lipinski definition) is 3. The van der Waals surface area contributed by atoms with E-state index in [2.05, 4.69) is 0 Å². The average molecular weight is 349 g/mol. The molecule has 1 aliphatic rings. The molecule has 1 aromatic carbocycles. The summed E-state index contributed by atoms with van der Waals surface area (Å²) in [5.74, 6) is -0.369. The standard InChI is InChI=1S/C17H17ClN2O2S/c18-13-4-2-1-3-12(13)14-5-6-15(23-14)17(22)20-9-7-11(8-10-20)16(19)21/h1-6,11H,7-10H2,(H2,19,21). The molecular formula is C17H17ClN2O2S. The second kappa shape index (κ2) is 6.72. The lowest BCUT2D eigenvalue weighted by Gasteiger charge is -2.30. The Bertz CT molecular complexity index is 736. The molecule has 0 saturated carbocycles. The van der Waals surface area contributed by atoms with Crippen LogP contribution in [0.15, 0.2) is 36.4 Å². The molecule has 4 nitrogen and oxygen atoms in total. The molecular weight excluding hydrogens is 332 g/mol. The van der Waals surface area contributed by atoms with Crippen molar-refractivity contribution in [3.63, 3.8) is 0 Å². The highest BCUT2D eigenvalue weighted by atomic mass is 35.5. The normalized spacial score (nSPS) is 15.6. The smallest absolute Gasteiger partial charge is 0.263 e. The molecule has 0 aliphatic carbocycles. The first-order valence-corrected chi connectivity index (χ1v) is 8.69. The number of halogens is 1. The first kappa shape index (κ1) is 16.0. The van der Waals surface area contributed by atoms with Crippen molar-refractivity contribution in [3.8, 4) is 10.4 Å². The van der Waals surface area contributed by atoms with Gasteiger partial charge in [0, 0.05) is 34.5 Å². The summed E-state index contributed by atoms with van der Waals surface area (Å²) >= 11 is 7.65. The SMILES string of the molecule is NC(=O)C1CCN(C(=O)c2ccc(-c3ccccc3Cl)s2)CC1. The van der Waals surface area contributed by atoms with Crippen LogP contribution in [0.25, 0.3) is 10.4 Å². The summed E-state index contributed by atoms with van der Waals surface area (Å²) < 4.78 is 0. The van der Waals surface area contributed by atoms with E-state index in [4.69, 9.17) is 17.3 Å². The number of primary amides is 1. The van der Waals surface area contributed by atoms with Crippen LogP contribution in [0.4, 0.5) is 0 Å². The van der Waals surface area contributed by atoms with E-state index in [1.54, 1.807) is 4.90 Å². The molecule has 23 heavy (non-hydrogen) atoms. The molecule has 6 heteroatoms. The summed E-state index contributed by atoms with van der Waals surface area (Å²) in [6, 6.07) is 11.4. The van der Waals surface area contributed by atoms with Crippen LogP contribution in [0.1, 0.15) is 22.5 Å². The van der Waals surface area contributed by atoms with Gasteiger partial charge in [-0.15, -0.1) is 11.3 Å². The average Bonchev–Trinajstić information content (AvgIpc) is 3.04. The molecule has 1 fully saturated rings. The zero-order valence-electron chi connectivity index (χ0n) is 12.5. The molecule has 2 heterocycles. The number of amides is 2. The van der Waals surface area contributed by atoms with E-state index in [9.17, 15) is 9.59 Å². The largest absolute Gasteiger partial charge is 0.369 e. The van der Waals surface area contributed by atoms with Crippen molar-refractivity contribution in [2.45, 2.75) is 12.8 Å². The van der Waals surface area contributed by atoms with Gasteiger partial charge >= 0.3 is 0 Å². The second-order valence-corrected chi connectivity index (χ2v) is 7.10. The van der Waals surface area contributed by atoms with Crippen molar-refractivity contribution in [1.82, 2.24) is 4.90 Å². The molecule has 2 aromatic rings. The first-order valence-electron chi connectivity index (χ1n) is 7.49. The Morgan fingerprint density at radius 2 is 1.83 bits per heavy atom. The number of likely N-dealkylation sites (tertiary alicyclic amines) is 1. The highest BCUT2D eigenvalue weighted by molar-refractivity contribution is 7.17. The maximum Gasteiger partial charge on any atom is 0.263 e. The molecule has 0 unspecified atom stereocenters. The zero-order valence-corrected chi connectivity index (χ0v) is 14.1. The summed E-state index contributed by atoms with van der Waals surface area (Å²) in [7, 11) is 0. The van der Waals surface area contributed by atoms with E-state index in [-0.39, 0.29) is 17.7 Å². The number of hydrogen-bond donors (Lipinski definition) is 1. The van der Waals surface area contributed by atoms with Gasteiger partial charge in [0.25, 0.3) is 5.91 Å². The Hall–Kier alpha value is -1.85. The fraction of sp³-hybridized carbons (Fsp3) is 0.294. The quantitative estimate of drug-likeness (QED) is 0.923. The summed E-state index contributed by atoms with van der Waals surface area (Å²) in [6.45, 7) is 1.15. The van der Waals surface area contributed by atoms with Gasteiger partial charge in [-0.1, -0.05) is 29.8 Å². The van der Waals surface area contributed by atoms with Crippen LogP contribution in [-0.2, 0) is 4.79 Å². The summed E-state index contributed by atoms with van der Waals surface area (Å²) in [6.07, 6.45) is 1.29. The number of carbonyl (C=O) groups is 2. The van der Waals surface area contributed by atoms with Crippen molar-refractivity contribution in [3.05, 3.63) is 46.3 Å². The van der Waals surface area contributed by atoms with Gasteiger partial charge in [0.1, 0.15) is 0 Å². The van der Waals surface area contributed by atoms with Gasteiger partial charge in [0.05, 0.1) is 4.88 Å². The minimum atomic E-state index is -0.269. The number of nitrogens with two attached hydrogens (primary N) is 1. The first-order chi connectivity index (χ1) is 11.1. The molecule has 0 atom stereocenters. The fourth-order valence-electron chi connectivity index (χ4n) is 2.78. The van der Waals surface area contributed by atoms with E-state index in [0.29, 0.717) is 35.8 Å². The highest BCUT2D eigenvalue weighted by Crippen LogP contribution is 2.34. The van der Waals surface area contributed by atoms with Crippen molar-refractivity contribution in [2.24, 2.45) is 11.7 Å². The number of thiophene rings is 1. The lowest BCUT2D eigenvalue weighted by Crippen LogP contribution is -2.41. The summed E-state index contributed by atoms with van der Waals surface area (Å²) in [5, 5.41) is 0.677. The molecule has 0 radical (unpaired) electrons. The van der Waals surface area contributed by atoms with Gasteiger partial charge in [-0.3, -0.25) is 9.59 Å². The lowest BCUT2D eigenvalue weighted by atomic mass is 9.96. The van der Waals surface area contributed by atoms with E-state index < -0.39 is 0 Å². The van der Waals surface area contributed by atoms with Crippen molar-refractivity contribution < 1.29 is 9.59 Å². The van der Waals surface area contributed by atoms with Gasteiger partial charge in [0.15, 0.2) is 0 Å². The molecule has 120 valence electrons. The number of rotatable bonds is 3. The second-order valence-electron chi connectivity index (χ2n) is 5.61. The van der Waals surface area contributed by atoms with E-state index in [0.717, 1.165) is 10.4 Å². The number of benzene rings is 1. The Kier molecular flexibility index (Phi) is 4.68. The maximum absolute atomic E-state index is 12.6. The minimum absolute atomic E-state index is 0.0104. The summed E-state index contributed by atoms with van der Waals surface area (Å²) in [4.78, 5) is 27.3. The van der Waals surface area contributed by atoms with Gasteiger partial charge in [-0.25, -0.2) is 0 Å². The maximum atomic E-state index is 12.6. The van der Waals surface area contributed by atoms with E-state index >= 15 is 0 Å². The summed E-state index contributed by atoms with van der Waals surface area (Å²) in [5.41, 5.74) is 6.26. The van der Waals surface area contributed by atoms with Crippen LogP contribution in [-0.4, -0.2) is 29.8 Å². The van der Waals surface area contributed by atoms with Crippen LogP contribution >= 0.6 is 22.9 Å². The molecule has 0 spiro atoms. The minimum Gasteiger partial charge on any atom is -0.369 e. The van der Waals surface area contributed by atoms with Gasteiger partial charge in [-0.05, 0) is 31.0 Å². The molecule has 1 aliphatic heterocycles. The van der Waals surface area contributed by atoms with E-state index in [1.807, 2.05) is 36.4 Å². The van der Waals surface area contributed by atoms with Crippen LogP contribution in [0.3, 0.4) is 0 Å². The number of carbonyl (C=O) groups excluding carboxylic acids is 2. The Balaban J connectivity index is 1.72. The Morgan fingerprint density at radius 1 is 1.13 bits per heavy atom. The third-order valence-electron chi connectivity index (χ3n) is 4.14. The van der Waals surface area contributed by atoms with E-state index in [1.165, 1.54) is 11.3 Å². The third-order valence-corrected chi connectivity index (χ3v) is 5.58. The molecule has 0 bridgehead atoms. The molecule has 3 rings (SSSR count). The predicted molar refractivity (Wildman–Crippen MR) is 92.6 cm³/mol. The van der Waals surface area contributed by atoms with Gasteiger partial charge in [0.2, 0.25) is 5.91 Å². The molecule has 2 amide bonds. The van der Waals surface area contributed by atoms with Crippen LogP contribution < -0.4 is 5.73 Å². The van der Waals surface area contributed by atoms with Crippen LogP contribution in [0, 0.1) is 5.92 Å². The van der Waals surface area contributed by atoms with Crippen LogP contribution in [0.5, 0.6) is 0 Å². The molecule has 1 aromatic heterocycles. The lowest BCUT2D eigenvalue weighted by molar-refractivity contribution is -0.123. The van der Waals surface area contributed by atoms with Crippen LogP contribution in [0.2, 0.25) is 5.02 Å². The van der Waals surface area contributed by atoms with Crippen molar-refractivity contribution >= 4 is 34.8 Å². The molecule has 2 N–H and O–H groups in total.